The summed E-state index contributed by atoms with van der Waals surface area (Å²) in [5.74, 6) is -5.65. The number of hydrogen-bond acceptors (Lipinski definition) is 2. The first-order chi connectivity index (χ1) is 5.55. The maximum atomic E-state index is 11.3. The summed E-state index contributed by atoms with van der Waals surface area (Å²) in [5, 5.41) is 9.82. The van der Waals surface area contributed by atoms with Crippen LogP contribution in [0.1, 0.15) is 0 Å². The van der Waals surface area contributed by atoms with E-state index >= 15 is 0 Å². The van der Waals surface area contributed by atoms with Gasteiger partial charge >= 0.3 is 52.3 Å². The van der Waals surface area contributed by atoms with E-state index in [1.165, 1.54) is 0 Å². The maximum absolute atomic E-state index is 11.3. The third kappa shape index (κ3) is 5.76. The summed E-state index contributed by atoms with van der Waals surface area (Å²) in [7, 11) is 0. The van der Waals surface area contributed by atoms with E-state index in [0.29, 0.717) is 0 Å². The summed E-state index contributed by atoms with van der Waals surface area (Å²) in [5.41, 5.74) is 0. The van der Waals surface area contributed by atoms with Gasteiger partial charge in [-0.15, -0.1) is 0 Å². The van der Waals surface area contributed by atoms with E-state index in [2.05, 4.69) is 0 Å². The smallest absolute Gasteiger partial charge is 0.869 e. The molecule has 0 N–H and O–H groups in total. The molecule has 0 aromatic rings. The van der Waals surface area contributed by atoms with Gasteiger partial charge in [0, 0.05) is 0 Å². The van der Waals surface area contributed by atoms with Crippen molar-refractivity contribution in [2.75, 3.05) is 0 Å². The van der Waals surface area contributed by atoms with Crippen LogP contribution < -0.4 is 5.11 Å². The van der Waals surface area contributed by atoms with Gasteiger partial charge in [0.2, 0.25) is 0 Å². The SMILES string of the molecule is O=C(C=C([O-])C(F)(F)F)C(F)(F)F.[Th+4]. The predicted octanol–water partition coefficient (Wildman–Crippen LogP) is 0.924. The van der Waals surface area contributed by atoms with Crippen LogP contribution in [0.15, 0.2) is 11.8 Å². The van der Waals surface area contributed by atoms with Crippen molar-refractivity contribution in [2.24, 2.45) is 0 Å². The topological polar surface area (TPSA) is 40.1 Å². The second kappa shape index (κ2) is 5.27. The molecule has 0 aromatic carbocycles. The van der Waals surface area contributed by atoms with Crippen molar-refractivity contribution >= 4 is 5.78 Å². The molecule has 0 spiro atoms. The van der Waals surface area contributed by atoms with Gasteiger partial charge in [-0.25, -0.2) is 0 Å². The number of ketones is 1. The maximum Gasteiger partial charge on any atom is 4.00 e. The van der Waals surface area contributed by atoms with Crippen LogP contribution in [0, 0.1) is 39.9 Å². The van der Waals surface area contributed by atoms with Crippen LogP contribution in [0.2, 0.25) is 0 Å². The molecular formula is C5HF6O2Th+3. The monoisotopic (exact) mass is 439 g/mol. The Morgan fingerprint density at radius 2 is 1.36 bits per heavy atom. The number of halogens is 6. The second-order valence-corrected chi connectivity index (χ2v) is 1.87. The summed E-state index contributed by atoms with van der Waals surface area (Å²) < 4.78 is 67.8. The molecule has 9 heteroatoms. The molecule has 0 bridgehead atoms. The standard InChI is InChI=1S/C5H2F6O2.Th/c6-4(7,8)2(12)1-3(13)5(9,10)11;/h1,12H;/q;+4/p-1. The predicted molar refractivity (Wildman–Crippen MR) is 25.2 cm³/mol. The number of allylic oxidation sites excluding steroid dienone is 2. The van der Waals surface area contributed by atoms with Crippen molar-refractivity contribution in [1.82, 2.24) is 0 Å². The molecule has 0 aliphatic carbocycles. The fourth-order valence-electron chi connectivity index (χ4n) is 0.283. The van der Waals surface area contributed by atoms with Crippen molar-refractivity contribution in [3.63, 3.8) is 0 Å². The van der Waals surface area contributed by atoms with Crippen LogP contribution >= 0.6 is 0 Å². The Kier molecular flexibility index (Phi) is 6.22. The molecule has 0 aliphatic heterocycles. The number of hydrogen-bond donors (Lipinski definition) is 0. The minimum absolute atomic E-state index is 0. The molecule has 76 valence electrons. The number of alkyl halides is 6. The van der Waals surface area contributed by atoms with Gasteiger partial charge in [-0.05, 0) is 11.8 Å². The summed E-state index contributed by atoms with van der Waals surface area (Å²) in [6.45, 7) is 0. The van der Waals surface area contributed by atoms with Crippen molar-refractivity contribution in [3.05, 3.63) is 11.8 Å². The summed E-state index contributed by atoms with van der Waals surface area (Å²) in [6, 6.07) is 0. The first kappa shape index (κ1) is 16.5. The molecule has 2 nitrogen and oxygen atoms in total. The third-order valence-corrected chi connectivity index (χ3v) is 0.821. The summed E-state index contributed by atoms with van der Waals surface area (Å²) in [4.78, 5) is 9.82. The first-order valence-electron chi connectivity index (χ1n) is 2.62. The molecule has 0 atom stereocenters. The Hall–Kier alpha value is 0.115. The minimum Gasteiger partial charge on any atom is -0.869 e. The number of carbonyl (C=O) groups excluding carboxylic acids is 1. The van der Waals surface area contributed by atoms with E-state index in [1.807, 2.05) is 0 Å². The number of carbonyl (C=O) groups is 1. The van der Waals surface area contributed by atoms with Crippen molar-refractivity contribution in [2.45, 2.75) is 12.4 Å². The van der Waals surface area contributed by atoms with Gasteiger partial charge in [0.1, 0.15) is 0 Å². The second-order valence-electron chi connectivity index (χ2n) is 1.87. The summed E-state index contributed by atoms with van der Waals surface area (Å²) >= 11 is 0. The van der Waals surface area contributed by atoms with E-state index in [9.17, 15) is 36.2 Å². The van der Waals surface area contributed by atoms with Crippen LogP contribution in [0.3, 0.4) is 0 Å². The molecule has 0 saturated heterocycles. The van der Waals surface area contributed by atoms with Crippen LogP contribution in [0.5, 0.6) is 0 Å². The van der Waals surface area contributed by atoms with Crippen molar-refractivity contribution in [1.29, 1.82) is 0 Å². The molecule has 0 amide bonds. The van der Waals surface area contributed by atoms with Gasteiger partial charge in [-0.1, -0.05) is 0 Å². The molecule has 14 heavy (non-hydrogen) atoms. The molecule has 0 radical (unpaired) electrons. The fourth-order valence-corrected chi connectivity index (χ4v) is 0.283. The molecule has 0 aromatic heterocycles. The zero-order chi connectivity index (χ0) is 10.9. The zero-order valence-electron chi connectivity index (χ0n) is 6.16. The molecule has 0 fully saturated rings. The van der Waals surface area contributed by atoms with E-state index in [0.717, 1.165) is 0 Å². The Labute approximate surface area is 106 Å². The molecule has 0 saturated carbocycles. The van der Waals surface area contributed by atoms with E-state index in [4.69, 9.17) is 0 Å². The van der Waals surface area contributed by atoms with Crippen LogP contribution in [-0.2, 0) is 4.79 Å². The van der Waals surface area contributed by atoms with Gasteiger partial charge in [-0.3, -0.25) is 4.79 Å². The summed E-state index contributed by atoms with van der Waals surface area (Å²) in [6.07, 6.45) is -11.9. The van der Waals surface area contributed by atoms with Crippen LogP contribution in [0.25, 0.3) is 0 Å². The average molecular weight is 439 g/mol. The largest absolute Gasteiger partial charge is 4.00 e. The Bertz CT molecular complexity index is 240. The Balaban J connectivity index is 0. The van der Waals surface area contributed by atoms with Gasteiger partial charge in [-0.2, -0.15) is 26.3 Å². The first-order valence-corrected chi connectivity index (χ1v) is 2.62. The quantitative estimate of drug-likeness (QED) is 0.347. The Morgan fingerprint density at radius 1 is 1.00 bits per heavy atom. The third-order valence-electron chi connectivity index (χ3n) is 0.821. The van der Waals surface area contributed by atoms with Crippen LogP contribution in [-0.4, -0.2) is 18.1 Å². The fraction of sp³-hybridized carbons (Fsp3) is 0.400. The van der Waals surface area contributed by atoms with Crippen LogP contribution in [0.4, 0.5) is 26.3 Å². The van der Waals surface area contributed by atoms with Gasteiger partial charge in [0.15, 0.2) is 0 Å². The molecule has 0 rings (SSSR count). The molecule has 0 aliphatic rings. The zero-order valence-corrected chi connectivity index (χ0v) is 10.3. The van der Waals surface area contributed by atoms with Crippen molar-refractivity contribution < 1.29 is 76.2 Å². The van der Waals surface area contributed by atoms with Crippen molar-refractivity contribution in [3.8, 4) is 0 Å². The van der Waals surface area contributed by atoms with E-state index < -0.39 is 30.0 Å². The normalized spacial score (nSPS) is 13.4. The number of rotatable bonds is 1. The minimum atomic E-state index is -5.46. The van der Waals surface area contributed by atoms with Gasteiger partial charge in [0.25, 0.3) is 5.78 Å². The van der Waals surface area contributed by atoms with E-state index in [1.54, 1.807) is 0 Å². The Morgan fingerprint density at radius 3 is 1.57 bits per heavy atom. The van der Waals surface area contributed by atoms with Gasteiger partial charge in [0.05, 0.1) is 0 Å². The molecule has 0 unspecified atom stereocenters. The van der Waals surface area contributed by atoms with Gasteiger partial charge < -0.3 is 5.11 Å². The molecular weight excluding hydrogens is 438 g/mol. The van der Waals surface area contributed by atoms with E-state index in [-0.39, 0.29) is 39.9 Å². The average Bonchev–Trinajstić information content (AvgIpc) is 1.82. The molecule has 0 heterocycles.